The first-order valence-electron chi connectivity index (χ1n) is 10.6. The van der Waals surface area contributed by atoms with E-state index in [1.165, 1.54) is 91.3 Å². The van der Waals surface area contributed by atoms with Crippen LogP contribution in [0.25, 0.3) is 21.5 Å². The average molecular weight is 346 g/mol. The van der Waals surface area contributed by atoms with Crippen molar-refractivity contribution < 1.29 is 0 Å². The zero-order chi connectivity index (χ0) is 18.0. The molecule has 0 amide bonds. The molecule has 0 unspecified atom stereocenters. The molecule has 0 atom stereocenters. The van der Waals surface area contributed by atoms with Crippen LogP contribution >= 0.6 is 0 Å². The summed E-state index contributed by atoms with van der Waals surface area (Å²) in [7, 11) is 0. The van der Waals surface area contributed by atoms with Gasteiger partial charge in [-0.3, -0.25) is 0 Å². The van der Waals surface area contributed by atoms with E-state index in [1.54, 1.807) is 0 Å². The van der Waals surface area contributed by atoms with Crippen LogP contribution in [0.15, 0.2) is 54.6 Å². The van der Waals surface area contributed by atoms with Gasteiger partial charge < -0.3 is 0 Å². The van der Waals surface area contributed by atoms with Gasteiger partial charge in [-0.25, -0.2) is 0 Å². The fraction of sp³-hybridized carbons (Fsp3) is 0.423. The molecule has 0 aliphatic carbocycles. The first-order valence-corrected chi connectivity index (χ1v) is 10.6. The number of rotatable bonds is 11. The third kappa shape index (κ3) is 5.10. The van der Waals surface area contributed by atoms with Crippen LogP contribution in [0, 0.1) is 6.92 Å². The molecule has 3 aromatic rings. The molecule has 0 heteroatoms. The zero-order valence-corrected chi connectivity index (χ0v) is 16.2. The van der Waals surface area contributed by atoms with Gasteiger partial charge in [-0.15, -0.1) is 0 Å². The smallest absolute Gasteiger partial charge is 0.0103 e. The molecule has 3 aromatic carbocycles. The Hall–Kier alpha value is -1.82. The van der Waals surface area contributed by atoms with Crippen LogP contribution in [0.1, 0.15) is 69.8 Å². The summed E-state index contributed by atoms with van der Waals surface area (Å²) in [6.45, 7) is 3.91. The second-order valence-corrected chi connectivity index (χ2v) is 7.58. The predicted molar refractivity (Wildman–Crippen MR) is 117 cm³/mol. The third-order valence-corrected chi connectivity index (χ3v) is 5.57. The first kappa shape index (κ1) is 19.0. The molecular formula is C26H33. The molecule has 0 aliphatic heterocycles. The highest BCUT2D eigenvalue weighted by atomic mass is 14.1. The quantitative estimate of drug-likeness (QED) is 0.242. The van der Waals surface area contributed by atoms with E-state index in [4.69, 9.17) is 0 Å². The molecule has 0 heterocycles. The van der Waals surface area contributed by atoms with Crippen molar-refractivity contribution in [3.63, 3.8) is 0 Å². The number of unbranched alkanes of at least 4 members (excludes halogenated alkanes) is 9. The molecule has 0 aromatic heterocycles. The van der Waals surface area contributed by atoms with Gasteiger partial charge in [0.2, 0.25) is 0 Å². The normalized spacial score (nSPS) is 11.4. The van der Waals surface area contributed by atoms with Gasteiger partial charge in [0.25, 0.3) is 0 Å². The Balaban J connectivity index is 1.47. The van der Waals surface area contributed by atoms with Crippen molar-refractivity contribution >= 4 is 21.5 Å². The van der Waals surface area contributed by atoms with Crippen molar-refractivity contribution in [3.05, 3.63) is 67.1 Å². The predicted octanol–water partition coefficient (Wildman–Crippen LogP) is 8.27. The summed E-state index contributed by atoms with van der Waals surface area (Å²) < 4.78 is 0. The summed E-state index contributed by atoms with van der Waals surface area (Å²) in [5.74, 6) is 0. The largest absolute Gasteiger partial charge is 0.0616 e. The van der Waals surface area contributed by atoms with Crippen LogP contribution in [0.3, 0.4) is 0 Å². The van der Waals surface area contributed by atoms with E-state index in [0.29, 0.717) is 0 Å². The summed E-state index contributed by atoms with van der Waals surface area (Å²) in [5, 5.41) is 5.57. The van der Waals surface area contributed by atoms with Gasteiger partial charge in [0.1, 0.15) is 0 Å². The highest BCUT2D eigenvalue weighted by Gasteiger charge is 2.04. The number of aryl methyl sites for hydroxylation is 1. The van der Waals surface area contributed by atoms with E-state index < -0.39 is 0 Å². The fourth-order valence-corrected chi connectivity index (χ4v) is 4.05. The summed E-state index contributed by atoms with van der Waals surface area (Å²) in [6, 6.07) is 20.1. The van der Waals surface area contributed by atoms with Crippen LogP contribution in [0.5, 0.6) is 0 Å². The number of hydrogen-bond acceptors (Lipinski definition) is 0. The van der Waals surface area contributed by atoms with Crippen molar-refractivity contribution in [1.29, 1.82) is 0 Å². The lowest BCUT2D eigenvalue weighted by molar-refractivity contribution is 0.560. The summed E-state index contributed by atoms with van der Waals surface area (Å²) in [6.07, 6.45) is 14.7. The van der Waals surface area contributed by atoms with Crippen LogP contribution in [-0.2, 0) is 6.42 Å². The molecular weight excluding hydrogens is 312 g/mol. The number of benzene rings is 3. The van der Waals surface area contributed by atoms with E-state index in [-0.39, 0.29) is 0 Å². The molecule has 0 saturated carbocycles. The lowest BCUT2D eigenvalue weighted by atomic mass is 9.95. The lowest BCUT2D eigenvalue weighted by Crippen LogP contribution is -1.89. The Bertz CT molecular complexity index is 799. The zero-order valence-electron chi connectivity index (χ0n) is 16.2. The highest BCUT2D eigenvalue weighted by molar-refractivity contribution is 6.08. The molecule has 1 radical (unpaired) electrons. The highest BCUT2D eigenvalue weighted by Crippen LogP contribution is 2.28. The van der Waals surface area contributed by atoms with E-state index in [2.05, 4.69) is 61.5 Å². The monoisotopic (exact) mass is 345 g/mol. The second-order valence-electron chi connectivity index (χ2n) is 7.58. The summed E-state index contributed by atoms with van der Waals surface area (Å²) >= 11 is 0. The van der Waals surface area contributed by atoms with Crippen molar-refractivity contribution in [2.75, 3.05) is 0 Å². The molecule has 26 heavy (non-hydrogen) atoms. The van der Waals surface area contributed by atoms with Gasteiger partial charge in [-0.2, -0.15) is 0 Å². The van der Waals surface area contributed by atoms with Crippen molar-refractivity contribution in [2.24, 2.45) is 0 Å². The summed E-state index contributed by atoms with van der Waals surface area (Å²) in [5.41, 5.74) is 1.52. The average Bonchev–Trinajstić information content (AvgIpc) is 2.69. The van der Waals surface area contributed by atoms with E-state index >= 15 is 0 Å². The Labute approximate surface area is 159 Å². The summed E-state index contributed by atoms with van der Waals surface area (Å²) in [4.78, 5) is 0. The first-order chi connectivity index (χ1) is 12.9. The molecule has 0 N–H and O–H groups in total. The van der Waals surface area contributed by atoms with E-state index in [1.807, 2.05) is 0 Å². The lowest BCUT2D eigenvalue weighted by Gasteiger charge is -2.09. The SMILES string of the molecule is [CH2]CCCCCCCCCCCc1cccc2c1ccc1ccccc12. The fourth-order valence-electron chi connectivity index (χ4n) is 4.05. The van der Waals surface area contributed by atoms with Crippen molar-refractivity contribution in [3.8, 4) is 0 Å². The van der Waals surface area contributed by atoms with Crippen LogP contribution in [0.2, 0.25) is 0 Å². The molecule has 0 spiro atoms. The molecule has 0 bridgehead atoms. The third-order valence-electron chi connectivity index (χ3n) is 5.57. The molecule has 137 valence electrons. The topological polar surface area (TPSA) is 0 Å². The van der Waals surface area contributed by atoms with Crippen LogP contribution in [-0.4, -0.2) is 0 Å². The Morgan fingerprint density at radius 1 is 0.500 bits per heavy atom. The molecule has 0 saturated heterocycles. The molecule has 0 fully saturated rings. The standard InChI is InChI=1S/C26H33/c1-2-3-4-5-6-7-8-9-10-11-15-22-17-14-19-26-24-18-13-12-16-23(24)20-21-25(22)26/h12-14,16-21H,1-11,15H2. The molecule has 0 aliphatic rings. The van der Waals surface area contributed by atoms with Gasteiger partial charge in [0.05, 0.1) is 0 Å². The van der Waals surface area contributed by atoms with Gasteiger partial charge in [0.15, 0.2) is 0 Å². The van der Waals surface area contributed by atoms with Crippen LogP contribution in [0.4, 0.5) is 0 Å². The minimum atomic E-state index is 1.10. The van der Waals surface area contributed by atoms with Crippen molar-refractivity contribution in [2.45, 2.75) is 70.6 Å². The minimum Gasteiger partial charge on any atom is -0.0616 e. The second kappa shape index (κ2) is 10.4. The van der Waals surface area contributed by atoms with Crippen LogP contribution < -0.4 is 0 Å². The van der Waals surface area contributed by atoms with Gasteiger partial charge in [-0.05, 0) is 39.9 Å². The minimum absolute atomic E-state index is 1.10. The molecule has 3 rings (SSSR count). The maximum absolute atomic E-state index is 3.91. The Morgan fingerprint density at radius 3 is 1.92 bits per heavy atom. The maximum Gasteiger partial charge on any atom is -0.0103 e. The molecule has 0 nitrogen and oxygen atoms in total. The Morgan fingerprint density at radius 2 is 1.15 bits per heavy atom. The van der Waals surface area contributed by atoms with E-state index in [9.17, 15) is 0 Å². The van der Waals surface area contributed by atoms with Gasteiger partial charge in [0, 0.05) is 0 Å². The van der Waals surface area contributed by atoms with Crippen molar-refractivity contribution in [1.82, 2.24) is 0 Å². The van der Waals surface area contributed by atoms with E-state index in [0.717, 1.165) is 6.42 Å². The van der Waals surface area contributed by atoms with Gasteiger partial charge >= 0.3 is 0 Å². The Kier molecular flexibility index (Phi) is 7.55. The van der Waals surface area contributed by atoms with Gasteiger partial charge in [-0.1, -0.05) is 119 Å². The number of fused-ring (bicyclic) bond motifs is 3. The maximum atomic E-state index is 3.91. The number of hydrogen-bond donors (Lipinski definition) is 0.